The highest BCUT2D eigenvalue weighted by atomic mass is 35.7. The van der Waals surface area contributed by atoms with Crippen LogP contribution in [0.25, 0.3) is 0 Å². The first-order valence-corrected chi connectivity index (χ1v) is 7.60. The van der Waals surface area contributed by atoms with Crippen LogP contribution in [-0.2, 0) is 21.8 Å². The molecule has 0 aliphatic rings. The van der Waals surface area contributed by atoms with Crippen molar-refractivity contribution in [2.45, 2.75) is 17.6 Å². The van der Waals surface area contributed by atoms with Gasteiger partial charge >= 0.3 is 6.18 Å². The van der Waals surface area contributed by atoms with Gasteiger partial charge < -0.3 is 0 Å². The zero-order chi connectivity index (χ0) is 15.0. The summed E-state index contributed by atoms with van der Waals surface area (Å²) in [7, 11) is 1.23. The van der Waals surface area contributed by atoms with Crippen LogP contribution in [0.4, 0.5) is 13.2 Å². The van der Waals surface area contributed by atoms with E-state index in [2.05, 4.69) is 5.10 Å². The molecule has 0 fully saturated rings. The summed E-state index contributed by atoms with van der Waals surface area (Å²) in [5.41, 5.74) is -0.422. The topological polar surface area (TPSA) is 52.0 Å². The largest absolute Gasteiger partial charge is 0.416 e. The fraction of sp³-hybridized carbons (Fsp3) is 0.182. The molecule has 0 spiro atoms. The van der Waals surface area contributed by atoms with Gasteiger partial charge in [0, 0.05) is 16.9 Å². The molecule has 9 heteroatoms. The van der Waals surface area contributed by atoms with Gasteiger partial charge in [-0.3, -0.25) is 4.68 Å². The number of alkyl halides is 3. The van der Waals surface area contributed by atoms with E-state index in [0.717, 1.165) is 24.5 Å². The molecular formula is C11H8ClF3N2O2S. The van der Waals surface area contributed by atoms with Gasteiger partial charge in [-0.05, 0) is 17.7 Å². The maximum Gasteiger partial charge on any atom is 0.416 e. The Morgan fingerprint density at radius 1 is 1.30 bits per heavy atom. The Kier molecular flexibility index (Phi) is 3.79. The summed E-state index contributed by atoms with van der Waals surface area (Å²) in [5.74, 6) is 0. The minimum Gasteiger partial charge on any atom is -0.267 e. The average molecular weight is 325 g/mol. The van der Waals surface area contributed by atoms with Gasteiger partial charge in [0.2, 0.25) is 0 Å². The molecule has 0 bridgehead atoms. The maximum atomic E-state index is 12.5. The SMILES string of the molecule is O=S(=O)(Cl)c1cnn(Cc2cccc(C(F)(F)F)c2)c1. The summed E-state index contributed by atoms with van der Waals surface area (Å²) in [6.45, 7) is 0.0102. The summed E-state index contributed by atoms with van der Waals surface area (Å²) >= 11 is 0. The predicted molar refractivity (Wildman–Crippen MR) is 65.8 cm³/mol. The van der Waals surface area contributed by atoms with Crippen molar-refractivity contribution in [1.29, 1.82) is 0 Å². The highest BCUT2D eigenvalue weighted by Gasteiger charge is 2.30. The fourth-order valence-electron chi connectivity index (χ4n) is 1.59. The smallest absolute Gasteiger partial charge is 0.267 e. The quantitative estimate of drug-likeness (QED) is 0.816. The Balaban J connectivity index is 2.25. The number of benzene rings is 1. The first kappa shape index (κ1) is 14.9. The number of nitrogens with zero attached hydrogens (tertiary/aromatic N) is 2. The number of halogens is 4. The highest BCUT2D eigenvalue weighted by Crippen LogP contribution is 2.29. The summed E-state index contributed by atoms with van der Waals surface area (Å²) in [4.78, 5) is -0.203. The summed E-state index contributed by atoms with van der Waals surface area (Å²) in [6, 6.07) is 4.71. The normalized spacial score (nSPS) is 12.6. The lowest BCUT2D eigenvalue weighted by Crippen LogP contribution is -2.07. The van der Waals surface area contributed by atoms with Gasteiger partial charge in [-0.15, -0.1) is 0 Å². The molecule has 0 unspecified atom stereocenters. The van der Waals surface area contributed by atoms with E-state index in [1.165, 1.54) is 16.8 Å². The lowest BCUT2D eigenvalue weighted by Gasteiger charge is -2.08. The number of hydrogen-bond donors (Lipinski definition) is 0. The van der Waals surface area contributed by atoms with Gasteiger partial charge in [0.25, 0.3) is 9.05 Å². The first-order valence-electron chi connectivity index (χ1n) is 5.29. The van der Waals surface area contributed by atoms with E-state index >= 15 is 0 Å². The van der Waals surface area contributed by atoms with Crippen LogP contribution in [0, 0.1) is 0 Å². The lowest BCUT2D eigenvalue weighted by molar-refractivity contribution is -0.137. The number of aromatic nitrogens is 2. The molecule has 4 nitrogen and oxygen atoms in total. The molecule has 0 saturated carbocycles. The monoisotopic (exact) mass is 324 g/mol. The summed E-state index contributed by atoms with van der Waals surface area (Å²) < 4.78 is 60.9. The maximum absolute atomic E-state index is 12.5. The Labute approximate surface area is 117 Å². The zero-order valence-corrected chi connectivity index (χ0v) is 11.4. The van der Waals surface area contributed by atoms with Crippen LogP contribution in [0.3, 0.4) is 0 Å². The van der Waals surface area contributed by atoms with Crippen molar-refractivity contribution in [3.8, 4) is 0 Å². The lowest BCUT2D eigenvalue weighted by atomic mass is 10.1. The summed E-state index contributed by atoms with van der Waals surface area (Å²) in [6.07, 6.45) is -2.23. The molecular weight excluding hydrogens is 317 g/mol. The molecule has 0 amide bonds. The van der Waals surface area contributed by atoms with Crippen molar-refractivity contribution in [2.24, 2.45) is 0 Å². The minimum absolute atomic E-state index is 0.0102. The van der Waals surface area contributed by atoms with E-state index in [1.54, 1.807) is 0 Å². The first-order chi connectivity index (χ1) is 9.16. The molecule has 0 aliphatic carbocycles. The van der Waals surface area contributed by atoms with Gasteiger partial charge in [0.1, 0.15) is 4.90 Å². The van der Waals surface area contributed by atoms with Gasteiger partial charge in [-0.25, -0.2) is 8.42 Å². The van der Waals surface area contributed by atoms with Crippen LogP contribution >= 0.6 is 10.7 Å². The minimum atomic E-state index is -4.43. The molecule has 2 rings (SSSR count). The molecule has 0 N–H and O–H groups in total. The Morgan fingerprint density at radius 3 is 2.55 bits per heavy atom. The van der Waals surface area contributed by atoms with Crippen LogP contribution in [0.2, 0.25) is 0 Å². The van der Waals surface area contributed by atoms with Gasteiger partial charge in [0.05, 0.1) is 18.3 Å². The summed E-state index contributed by atoms with van der Waals surface area (Å²) in [5, 5.41) is 3.74. The van der Waals surface area contributed by atoms with Gasteiger partial charge in [0.15, 0.2) is 0 Å². The Hall–Kier alpha value is -1.54. The van der Waals surface area contributed by atoms with Crippen LogP contribution in [-0.4, -0.2) is 18.2 Å². The molecule has 1 aromatic carbocycles. The number of rotatable bonds is 3. The molecule has 0 atom stereocenters. The third-order valence-corrected chi connectivity index (χ3v) is 3.80. The van der Waals surface area contributed by atoms with Crippen molar-refractivity contribution >= 4 is 19.7 Å². The second-order valence-electron chi connectivity index (χ2n) is 4.01. The van der Waals surface area contributed by atoms with Crippen LogP contribution in [0.5, 0.6) is 0 Å². The third kappa shape index (κ3) is 3.51. The van der Waals surface area contributed by atoms with E-state index in [0.29, 0.717) is 5.56 Å². The zero-order valence-electron chi connectivity index (χ0n) is 9.80. The molecule has 0 radical (unpaired) electrons. The second kappa shape index (κ2) is 5.10. The number of hydrogen-bond acceptors (Lipinski definition) is 3. The Bertz CT molecular complexity index is 725. The van der Waals surface area contributed by atoms with E-state index in [-0.39, 0.29) is 11.4 Å². The molecule has 0 aliphatic heterocycles. The van der Waals surface area contributed by atoms with Crippen LogP contribution < -0.4 is 0 Å². The molecule has 20 heavy (non-hydrogen) atoms. The predicted octanol–water partition coefficient (Wildman–Crippen LogP) is 2.88. The van der Waals surface area contributed by atoms with E-state index in [4.69, 9.17) is 10.7 Å². The van der Waals surface area contributed by atoms with E-state index in [9.17, 15) is 21.6 Å². The van der Waals surface area contributed by atoms with Crippen molar-refractivity contribution in [3.05, 3.63) is 47.8 Å². The molecule has 1 aromatic heterocycles. The van der Waals surface area contributed by atoms with E-state index < -0.39 is 20.8 Å². The van der Waals surface area contributed by atoms with Crippen molar-refractivity contribution in [1.82, 2.24) is 9.78 Å². The van der Waals surface area contributed by atoms with Crippen molar-refractivity contribution in [3.63, 3.8) is 0 Å². The fourth-order valence-corrected chi connectivity index (χ4v) is 2.25. The highest BCUT2D eigenvalue weighted by molar-refractivity contribution is 8.13. The molecule has 1 heterocycles. The van der Waals surface area contributed by atoms with Crippen LogP contribution in [0.15, 0.2) is 41.6 Å². The molecule has 2 aromatic rings. The standard InChI is InChI=1S/C11H8ClF3N2O2S/c12-20(18,19)10-5-16-17(7-10)6-8-2-1-3-9(4-8)11(13,14)15/h1-5,7H,6H2. The van der Waals surface area contributed by atoms with Gasteiger partial charge in [-0.2, -0.15) is 18.3 Å². The van der Waals surface area contributed by atoms with Crippen molar-refractivity contribution < 1.29 is 21.6 Å². The van der Waals surface area contributed by atoms with E-state index in [1.807, 2.05) is 0 Å². The van der Waals surface area contributed by atoms with Gasteiger partial charge in [-0.1, -0.05) is 12.1 Å². The van der Waals surface area contributed by atoms with Crippen LogP contribution in [0.1, 0.15) is 11.1 Å². The average Bonchev–Trinajstić information content (AvgIpc) is 2.76. The second-order valence-corrected chi connectivity index (χ2v) is 6.58. The van der Waals surface area contributed by atoms with Crippen molar-refractivity contribution in [2.75, 3.05) is 0 Å². The molecule has 108 valence electrons. The molecule has 0 saturated heterocycles. The third-order valence-electron chi connectivity index (χ3n) is 2.49. The Morgan fingerprint density at radius 2 is 2.00 bits per heavy atom.